The van der Waals surface area contributed by atoms with E-state index in [9.17, 15) is 0 Å². The standard InChI is InChI=1S/C12H15BrN2/c1-12(2)8-6-15(7-9(8)12)11-10(13)4-3-5-14-11/h3-5,8-9H,6-7H2,1-2H3. The summed E-state index contributed by atoms with van der Waals surface area (Å²) in [6.07, 6.45) is 1.87. The van der Waals surface area contributed by atoms with Crippen LogP contribution in [0.25, 0.3) is 0 Å². The first-order valence-corrected chi connectivity index (χ1v) is 6.25. The maximum absolute atomic E-state index is 4.44. The predicted octanol–water partition coefficient (Wildman–Crippen LogP) is 2.94. The molecule has 1 saturated heterocycles. The predicted molar refractivity (Wildman–Crippen MR) is 64.9 cm³/mol. The van der Waals surface area contributed by atoms with Crippen LogP contribution in [0, 0.1) is 17.3 Å². The van der Waals surface area contributed by atoms with Crippen LogP contribution in [0.4, 0.5) is 5.82 Å². The Kier molecular flexibility index (Phi) is 1.91. The van der Waals surface area contributed by atoms with Crippen molar-refractivity contribution in [3.8, 4) is 0 Å². The number of hydrogen-bond donors (Lipinski definition) is 0. The smallest absolute Gasteiger partial charge is 0.142 e. The molecule has 1 aliphatic carbocycles. The number of piperidine rings is 1. The summed E-state index contributed by atoms with van der Waals surface area (Å²) in [5, 5.41) is 0. The Bertz CT molecular complexity index is 388. The molecule has 1 aliphatic heterocycles. The molecule has 80 valence electrons. The molecule has 2 fully saturated rings. The summed E-state index contributed by atoms with van der Waals surface area (Å²) in [7, 11) is 0. The fourth-order valence-corrected chi connectivity index (χ4v) is 3.42. The average molecular weight is 267 g/mol. The van der Waals surface area contributed by atoms with Crippen molar-refractivity contribution in [2.45, 2.75) is 13.8 Å². The molecule has 2 aliphatic rings. The van der Waals surface area contributed by atoms with Crippen LogP contribution in [0.3, 0.4) is 0 Å². The third-order valence-corrected chi connectivity index (χ3v) is 4.78. The molecule has 0 aromatic carbocycles. The Labute approximate surface area is 98.8 Å². The van der Waals surface area contributed by atoms with Gasteiger partial charge in [-0.15, -0.1) is 0 Å². The van der Waals surface area contributed by atoms with Crippen molar-refractivity contribution in [1.82, 2.24) is 4.98 Å². The van der Waals surface area contributed by atoms with Crippen LogP contribution in [-0.2, 0) is 0 Å². The Hall–Kier alpha value is -0.570. The molecule has 0 bridgehead atoms. The normalized spacial score (nSPS) is 31.5. The van der Waals surface area contributed by atoms with Gasteiger partial charge in [0.15, 0.2) is 0 Å². The van der Waals surface area contributed by atoms with Gasteiger partial charge in [-0.3, -0.25) is 0 Å². The molecule has 0 spiro atoms. The van der Waals surface area contributed by atoms with Crippen molar-refractivity contribution in [3.05, 3.63) is 22.8 Å². The van der Waals surface area contributed by atoms with Crippen molar-refractivity contribution in [3.63, 3.8) is 0 Å². The van der Waals surface area contributed by atoms with E-state index in [1.807, 2.05) is 12.3 Å². The summed E-state index contributed by atoms with van der Waals surface area (Å²) in [6, 6.07) is 4.03. The van der Waals surface area contributed by atoms with Crippen LogP contribution in [0.15, 0.2) is 22.8 Å². The SMILES string of the molecule is CC1(C)C2CN(c3ncccc3Br)CC21. The lowest BCUT2D eigenvalue weighted by Crippen LogP contribution is -2.27. The Balaban J connectivity index is 1.81. The van der Waals surface area contributed by atoms with E-state index < -0.39 is 0 Å². The van der Waals surface area contributed by atoms with E-state index in [0.29, 0.717) is 5.41 Å². The van der Waals surface area contributed by atoms with Gasteiger partial charge in [0.05, 0.1) is 4.47 Å². The Morgan fingerprint density at radius 3 is 2.67 bits per heavy atom. The maximum Gasteiger partial charge on any atom is 0.142 e. The van der Waals surface area contributed by atoms with Crippen LogP contribution in [0.1, 0.15) is 13.8 Å². The molecule has 0 N–H and O–H groups in total. The first-order chi connectivity index (χ1) is 7.10. The largest absolute Gasteiger partial charge is 0.355 e. The molecular weight excluding hydrogens is 252 g/mol. The van der Waals surface area contributed by atoms with Crippen LogP contribution >= 0.6 is 15.9 Å². The van der Waals surface area contributed by atoms with Gasteiger partial charge in [0.1, 0.15) is 5.82 Å². The second-order valence-electron chi connectivity index (χ2n) is 5.25. The third-order valence-electron chi connectivity index (χ3n) is 4.16. The molecule has 2 atom stereocenters. The first kappa shape index (κ1) is 9.64. The molecular formula is C12H15BrN2. The van der Waals surface area contributed by atoms with Gasteiger partial charge in [0.25, 0.3) is 0 Å². The second-order valence-corrected chi connectivity index (χ2v) is 6.10. The van der Waals surface area contributed by atoms with Gasteiger partial charge < -0.3 is 4.90 Å². The average Bonchev–Trinajstić information content (AvgIpc) is 2.63. The minimum Gasteiger partial charge on any atom is -0.355 e. The highest BCUT2D eigenvalue weighted by Gasteiger charge is 2.62. The van der Waals surface area contributed by atoms with E-state index >= 15 is 0 Å². The topological polar surface area (TPSA) is 16.1 Å². The lowest BCUT2D eigenvalue weighted by atomic mass is 10.1. The van der Waals surface area contributed by atoms with Gasteiger partial charge in [0, 0.05) is 19.3 Å². The second kappa shape index (κ2) is 2.97. The fourth-order valence-electron chi connectivity index (χ4n) is 2.91. The number of anilines is 1. The zero-order chi connectivity index (χ0) is 10.6. The summed E-state index contributed by atoms with van der Waals surface area (Å²) >= 11 is 3.57. The highest BCUT2D eigenvalue weighted by Crippen LogP contribution is 2.62. The van der Waals surface area contributed by atoms with Crippen molar-refractivity contribution in [1.29, 1.82) is 0 Å². The van der Waals surface area contributed by atoms with E-state index in [1.165, 1.54) is 13.1 Å². The van der Waals surface area contributed by atoms with Crippen molar-refractivity contribution < 1.29 is 0 Å². The monoisotopic (exact) mass is 266 g/mol. The van der Waals surface area contributed by atoms with Crippen molar-refractivity contribution in [2.24, 2.45) is 17.3 Å². The summed E-state index contributed by atoms with van der Waals surface area (Å²) in [5.41, 5.74) is 0.581. The van der Waals surface area contributed by atoms with Crippen molar-refractivity contribution >= 4 is 21.7 Å². The number of rotatable bonds is 1. The highest BCUT2D eigenvalue weighted by atomic mass is 79.9. The van der Waals surface area contributed by atoms with Crippen LogP contribution in [0.5, 0.6) is 0 Å². The van der Waals surface area contributed by atoms with E-state index in [-0.39, 0.29) is 0 Å². The van der Waals surface area contributed by atoms with Gasteiger partial charge in [-0.2, -0.15) is 0 Å². The van der Waals surface area contributed by atoms with Crippen LogP contribution in [0.2, 0.25) is 0 Å². The summed E-state index contributed by atoms with van der Waals surface area (Å²) in [6.45, 7) is 7.11. The number of nitrogens with zero attached hydrogens (tertiary/aromatic N) is 2. The molecule has 2 unspecified atom stereocenters. The number of pyridine rings is 1. The molecule has 1 aromatic heterocycles. The van der Waals surface area contributed by atoms with E-state index in [4.69, 9.17) is 0 Å². The lowest BCUT2D eigenvalue weighted by Gasteiger charge is -2.23. The molecule has 1 saturated carbocycles. The molecule has 2 heterocycles. The van der Waals surface area contributed by atoms with Crippen molar-refractivity contribution in [2.75, 3.05) is 18.0 Å². The molecule has 2 nitrogen and oxygen atoms in total. The molecule has 3 heteroatoms. The zero-order valence-electron chi connectivity index (χ0n) is 9.07. The highest BCUT2D eigenvalue weighted by molar-refractivity contribution is 9.10. The van der Waals surface area contributed by atoms with Gasteiger partial charge in [-0.1, -0.05) is 13.8 Å². The van der Waals surface area contributed by atoms with Gasteiger partial charge in [-0.25, -0.2) is 4.98 Å². The number of halogens is 1. The summed E-state index contributed by atoms with van der Waals surface area (Å²) < 4.78 is 1.11. The molecule has 15 heavy (non-hydrogen) atoms. The maximum atomic E-state index is 4.44. The molecule has 0 amide bonds. The van der Waals surface area contributed by atoms with E-state index in [2.05, 4.69) is 45.7 Å². The first-order valence-electron chi connectivity index (χ1n) is 5.46. The number of aromatic nitrogens is 1. The van der Waals surface area contributed by atoms with E-state index in [0.717, 1.165) is 22.1 Å². The zero-order valence-corrected chi connectivity index (χ0v) is 10.7. The van der Waals surface area contributed by atoms with Gasteiger partial charge >= 0.3 is 0 Å². The van der Waals surface area contributed by atoms with E-state index in [1.54, 1.807) is 0 Å². The summed E-state index contributed by atoms with van der Waals surface area (Å²) in [5.74, 6) is 2.87. The molecule has 3 rings (SSSR count). The van der Waals surface area contributed by atoms with Gasteiger partial charge in [0.2, 0.25) is 0 Å². The number of fused-ring (bicyclic) bond motifs is 1. The molecule has 0 radical (unpaired) electrons. The summed E-state index contributed by atoms with van der Waals surface area (Å²) in [4.78, 5) is 6.85. The molecule has 1 aromatic rings. The lowest BCUT2D eigenvalue weighted by molar-refractivity contribution is 0.498. The Morgan fingerprint density at radius 2 is 2.07 bits per heavy atom. The van der Waals surface area contributed by atoms with Crippen LogP contribution in [-0.4, -0.2) is 18.1 Å². The quantitative estimate of drug-likeness (QED) is 0.777. The van der Waals surface area contributed by atoms with Gasteiger partial charge in [-0.05, 0) is 45.3 Å². The Morgan fingerprint density at radius 1 is 1.40 bits per heavy atom. The van der Waals surface area contributed by atoms with Crippen LogP contribution < -0.4 is 4.90 Å². The minimum atomic E-state index is 0.581. The third kappa shape index (κ3) is 1.32. The minimum absolute atomic E-state index is 0.581. The number of hydrogen-bond acceptors (Lipinski definition) is 2. The fraction of sp³-hybridized carbons (Fsp3) is 0.583.